The van der Waals surface area contributed by atoms with Gasteiger partial charge in [-0.05, 0) is 11.1 Å². The molecule has 2 aromatic rings. The van der Waals surface area contributed by atoms with Gasteiger partial charge < -0.3 is 101 Å². The summed E-state index contributed by atoms with van der Waals surface area (Å²) in [6, 6.07) is 14.4. The van der Waals surface area contributed by atoms with Crippen molar-refractivity contribution in [3.8, 4) is 0 Å². The van der Waals surface area contributed by atoms with Crippen molar-refractivity contribution < 1.29 is 134 Å². The second-order valence-electron chi connectivity index (χ2n) is 21.0. The molecule has 0 saturated carbocycles. The second-order valence-corrected chi connectivity index (χ2v) is 21.3. The molecule has 4 fully saturated rings. The molecule has 2 aromatic carbocycles. The number of alkyl halides is 1. The third kappa shape index (κ3) is 21.1. The second kappa shape index (κ2) is 35.1. The van der Waals surface area contributed by atoms with Crippen LogP contribution in [0.25, 0.3) is 0 Å². The Kier molecular flexibility index (Phi) is 28.2. The van der Waals surface area contributed by atoms with E-state index in [1.807, 2.05) is 0 Å². The Labute approximate surface area is 522 Å². The molecule has 20 atom stereocenters. The number of amides is 2. The highest BCUT2D eigenvalue weighted by molar-refractivity contribution is 6.27. The van der Waals surface area contributed by atoms with Gasteiger partial charge in [0.25, 0.3) is 0 Å². The molecular weight excluding hydrogens is 1220 g/mol. The van der Waals surface area contributed by atoms with E-state index in [-0.39, 0.29) is 26.4 Å². The number of aliphatic hydroxyl groups is 2. The van der Waals surface area contributed by atoms with Gasteiger partial charge in [-0.1, -0.05) is 66.7 Å². The van der Waals surface area contributed by atoms with E-state index in [1.54, 1.807) is 60.7 Å². The minimum absolute atomic E-state index is 0.0263. The van der Waals surface area contributed by atoms with Crippen molar-refractivity contribution in [2.75, 3.05) is 38.9 Å². The maximum absolute atomic E-state index is 13.6. The molecule has 4 N–H and O–H groups in total. The maximum atomic E-state index is 13.6. The smallest absolute Gasteiger partial charge is 0.303 e. The molecule has 0 aliphatic carbocycles. The quantitative estimate of drug-likeness (QED) is 0.0371. The Morgan fingerprint density at radius 2 is 0.833 bits per heavy atom. The number of hydrogen-bond donors (Lipinski definition) is 4. The molecule has 0 aromatic heterocycles. The van der Waals surface area contributed by atoms with Crippen LogP contribution in [0.1, 0.15) is 66.5 Å². The van der Waals surface area contributed by atoms with Gasteiger partial charge in [-0.3, -0.25) is 43.2 Å². The topological polar surface area (TPSA) is 375 Å². The van der Waals surface area contributed by atoms with Crippen LogP contribution in [0.5, 0.6) is 0 Å². The Hall–Kier alpha value is -6.78. The van der Waals surface area contributed by atoms with Crippen LogP contribution in [-0.4, -0.2) is 225 Å². The van der Waals surface area contributed by atoms with Gasteiger partial charge in [-0.2, -0.15) is 0 Å². The van der Waals surface area contributed by atoms with Crippen LogP contribution >= 0.6 is 11.6 Å². The standard InChI is InChI=1S/C59H77ClN2O28/c1-10-21-76-56-44(61-29(2)63)46(72)48(39(84-56)25-74-23-37-17-13-11-14-18-37)88-59-55(83-36(9)70)53(51(80-33(6)67)42(87-59)28-78-31(4)65)90-57-45(62-43(71)22-60)47(73)49(40(85-57)26-75-24-38-19-15-12-16-20-38)89-58-54(82-35(8)69)52(81-34(7)68)50(79-32(5)66)41(86-58)27-77-30(3)64/h10-20,39-42,44-59,72-73H,1,21-28H2,2-9H3,(H,61,63)(H,62,71)/t39-,40-,41-,42-,44-,45-,46-,47-,48-,49-,50-,51+,52+,53+,54-,55-,56-,57+,58+,59+/m1/s1. The van der Waals surface area contributed by atoms with Gasteiger partial charge in [0.15, 0.2) is 55.7 Å². The van der Waals surface area contributed by atoms with E-state index in [9.17, 15) is 53.4 Å². The van der Waals surface area contributed by atoms with Crippen molar-refractivity contribution in [1.29, 1.82) is 0 Å². The maximum Gasteiger partial charge on any atom is 0.303 e. The fourth-order valence-electron chi connectivity index (χ4n) is 10.3. The first-order valence-electron chi connectivity index (χ1n) is 28.5. The van der Waals surface area contributed by atoms with E-state index < -0.39 is 202 Å². The lowest BCUT2D eigenvalue weighted by Gasteiger charge is -2.51. The number of rotatable bonds is 29. The fourth-order valence-corrected chi connectivity index (χ4v) is 10.3. The largest absolute Gasteiger partial charge is 0.463 e. The van der Waals surface area contributed by atoms with Gasteiger partial charge in [-0.25, -0.2) is 0 Å². The summed E-state index contributed by atoms with van der Waals surface area (Å²) >= 11 is 6.09. The van der Waals surface area contributed by atoms with Gasteiger partial charge >= 0.3 is 41.8 Å². The number of hydrogen-bond acceptors (Lipinski definition) is 28. The normalized spacial score (nSPS) is 31.5. The average Bonchev–Trinajstić information content (AvgIpc) is 0.800. The Balaban J connectivity index is 1.48. The lowest BCUT2D eigenvalue weighted by Crippen LogP contribution is -2.71. The number of aliphatic hydroxyl groups excluding tert-OH is 2. The molecule has 31 heteroatoms. The highest BCUT2D eigenvalue weighted by Crippen LogP contribution is 2.38. The molecule has 4 aliphatic heterocycles. The van der Waals surface area contributed by atoms with Crippen LogP contribution in [0, 0.1) is 0 Å². The van der Waals surface area contributed by atoms with Gasteiger partial charge in [0.2, 0.25) is 11.8 Å². The lowest BCUT2D eigenvalue weighted by molar-refractivity contribution is -0.379. The van der Waals surface area contributed by atoms with Crippen LogP contribution < -0.4 is 10.6 Å². The predicted octanol–water partition coefficient (Wildman–Crippen LogP) is 0.413. The monoisotopic (exact) mass is 1300 g/mol. The van der Waals surface area contributed by atoms with E-state index in [0.717, 1.165) is 54.0 Å². The molecule has 498 valence electrons. The highest BCUT2D eigenvalue weighted by atomic mass is 35.5. The summed E-state index contributed by atoms with van der Waals surface area (Å²) in [5.41, 5.74) is 1.39. The van der Waals surface area contributed by atoms with Gasteiger partial charge in [-0.15, -0.1) is 18.2 Å². The minimum atomic E-state index is -2.11. The molecule has 4 heterocycles. The molecule has 4 aliphatic rings. The van der Waals surface area contributed by atoms with Crippen molar-refractivity contribution >= 4 is 65.2 Å². The number of halogens is 1. The first-order chi connectivity index (χ1) is 42.9. The Bertz CT molecular complexity index is 2730. The predicted molar refractivity (Wildman–Crippen MR) is 301 cm³/mol. The van der Waals surface area contributed by atoms with Crippen molar-refractivity contribution in [3.05, 3.63) is 84.4 Å². The summed E-state index contributed by atoms with van der Waals surface area (Å²) in [5.74, 6) is -8.95. The number of esters is 7. The van der Waals surface area contributed by atoms with Crippen LogP contribution in [0.2, 0.25) is 0 Å². The fraction of sp³-hybridized carbons (Fsp3) is 0.610. The SMILES string of the molecule is C=CCO[C@@H]1O[C@H](COCc2ccccc2)[C@@H](O[C@@H]2O[C@H](COC(C)=O)[C@H](OC(C)=O)[C@H](O[C@@H]3O[C@H](COCc4ccccc4)[C@@H](O[C@@H]4O[C@H](COC(C)=O)[C@@H](OC(C)=O)[C@H](OC(C)=O)[C@H]4OC(C)=O)[C@H](O)[C@H]3NC(=O)CCl)[C@H]2OC(C)=O)[C@H](O)[C@H]1NC(C)=O. The molecule has 0 radical (unpaired) electrons. The summed E-state index contributed by atoms with van der Waals surface area (Å²) in [7, 11) is 0. The van der Waals surface area contributed by atoms with Crippen LogP contribution in [0.15, 0.2) is 73.3 Å². The minimum Gasteiger partial charge on any atom is -0.463 e. The van der Waals surface area contributed by atoms with E-state index in [4.69, 9.17) is 92.1 Å². The summed E-state index contributed by atoms with van der Waals surface area (Å²) in [6.45, 7) is 9.52. The van der Waals surface area contributed by atoms with Crippen molar-refractivity contribution in [3.63, 3.8) is 0 Å². The number of carbonyl (C=O) groups excluding carboxylic acids is 9. The van der Waals surface area contributed by atoms with E-state index in [1.165, 1.54) is 13.0 Å². The first-order valence-corrected chi connectivity index (χ1v) is 29.1. The molecule has 6 rings (SSSR count). The molecule has 0 unspecified atom stereocenters. The van der Waals surface area contributed by atoms with Crippen LogP contribution in [-0.2, 0) is 137 Å². The van der Waals surface area contributed by atoms with Gasteiger partial charge in [0, 0.05) is 55.4 Å². The van der Waals surface area contributed by atoms with Crippen molar-refractivity contribution in [2.45, 2.75) is 191 Å². The van der Waals surface area contributed by atoms with Gasteiger partial charge in [0.1, 0.15) is 86.1 Å². The van der Waals surface area contributed by atoms with Gasteiger partial charge in [0.05, 0.1) is 33.0 Å². The summed E-state index contributed by atoms with van der Waals surface area (Å²) in [5, 5.41) is 30.4. The average molecular weight is 1300 g/mol. The zero-order valence-electron chi connectivity index (χ0n) is 50.6. The molecule has 2 amide bonds. The summed E-state index contributed by atoms with van der Waals surface area (Å²) in [6.07, 6.45) is -30.4. The molecule has 0 bridgehead atoms. The van der Waals surface area contributed by atoms with E-state index in [0.29, 0.717) is 5.56 Å². The molecule has 0 spiro atoms. The van der Waals surface area contributed by atoms with Crippen LogP contribution in [0.4, 0.5) is 0 Å². The van der Waals surface area contributed by atoms with Crippen molar-refractivity contribution in [1.82, 2.24) is 10.6 Å². The molecular formula is C59H77ClN2O28. The third-order valence-electron chi connectivity index (χ3n) is 13.8. The number of ether oxygens (including phenoxy) is 17. The number of carbonyl (C=O) groups is 9. The molecule has 90 heavy (non-hydrogen) atoms. The lowest BCUT2D eigenvalue weighted by atomic mass is 9.93. The zero-order chi connectivity index (χ0) is 65.8. The summed E-state index contributed by atoms with van der Waals surface area (Å²) in [4.78, 5) is 116. The number of benzene rings is 2. The van der Waals surface area contributed by atoms with E-state index in [2.05, 4.69) is 17.2 Å². The Morgan fingerprint density at radius 3 is 1.24 bits per heavy atom. The molecule has 4 saturated heterocycles. The Morgan fingerprint density at radius 1 is 0.467 bits per heavy atom. The van der Waals surface area contributed by atoms with E-state index >= 15 is 0 Å². The zero-order valence-corrected chi connectivity index (χ0v) is 51.4. The van der Waals surface area contributed by atoms with Crippen LogP contribution in [0.3, 0.4) is 0 Å². The molecule has 30 nitrogen and oxygen atoms in total. The number of nitrogens with one attached hydrogen (secondary N) is 2. The first kappa shape index (κ1) is 72.3. The highest BCUT2D eigenvalue weighted by Gasteiger charge is 2.60. The van der Waals surface area contributed by atoms with Crippen molar-refractivity contribution in [2.24, 2.45) is 0 Å². The summed E-state index contributed by atoms with van der Waals surface area (Å²) < 4.78 is 103. The third-order valence-corrected chi connectivity index (χ3v) is 14.0.